The maximum atomic E-state index is 3.41. The number of allylic oxidation sites excluding steroid dienone is 6. The van der Waals surface area contributed by atoms with Gasteiger partial charge < -0.3 is 5.32 Å². The smallest absolute Gasteiger partial charge is 0.00434 e. The van der Waals surface area contributed by atoms with Crippen LogP contribution in [0.4, 0.5) is 0 Å². The van der Waals surface area contributed by atoms with Gasteiger partial charge in [-0.1, -0.05) is 68.6 Å². The molecule has 0 aromatic carbocycles. The third-order valence-electron chi connectivity index (χ3n) is 9.05. The third kappa shape index (κ3) is 5.66. The molecule has 29 heavy (non-hydrogen) atoms. The molecular weight excluding hydrogens is 350 g/mol. The summed E-state index contributed by atoms with van der Waals surface area (Å²) in [6.07, 6.45) is 38.6. The van der Waals surface area contributed by atoms with Gasteiger partial charge in [0, 0.05) is 0 Å². The summed E-state index contributed by atoms with van der Waals surface area (Å²) < 4.78 is 0. The molecule has 1 heteroatoms. The summed E-state index contributed by atoms with van der Waals surface area (Å²) >= 11 is 0. The Balaban J connectivity index is 0.000000106. The summed E-state index contributed by atoms with van der Waals surface area (Å²) in [6, 6.07) is 0. The molecule has 2 saturated carbocycles. The second-order valence-corrected chi connectivity index (χ2v) is 11.2. The van der Waals surface area contributed by atoms with Crippen LogP contribution in [0, 0.1) is 16.2 Å². The molecule has 1 N–H and O–H groups in total. The Bertz CT molecular complexity index is 514. The van der Waals surface area contributed by atoms with Crippen LogP contribution in [-0.4, -0.2) is 13.1 Å². The monoisotopic (exact) mass is 395 g/mol. The normalized spacial score (nSPS) is 29.8. The van der Waals surface area contributed by atoms with Crippen molar-refractivity contribution < 1.29 is 0 Å². The highest BCUT2D eigenvalue weighted by atomic mass is 14.9. The molecule has 6 aliphatic rings. The first-order valence-corrected chi connectivity index (χ1v) is 12.9. The summed E-state index contributed by atoms with van der Waals surface area (Å²) in [6.45, 7) is 2.48. The second-order valence-electron chi connectivity index (χ2n) is 11.2. The number of hydrogen-bond donors (Lipinski definition) is 1. The molecule has 1 heterocycles. The highest BCUT2D eigenvalue weighted by molar-refractivity contribution is 5.12. The molecule has 0 unspecified atom stereocenters. The average Bonchev–Trinajstić information content (AvgIpc) is 3.57. The summed E-state index contributed by atoms with van der Waals surface area (Å²) in [5.74, 6) is 0. The fourth-order valence-corrected chi connectivity index (χ4v) is 6.88. The fourth-order valence-electron chi connectivity index (χ4n) is 6.88. The quantitative estimate of drug-likeness (QED) is 0.411. The topological polar surface area (TPSA) is 12.0 Å². The summed E-state index contributed by atoms with van der Waals surface area (Å²) in [5.41, 5.74) is 2.24. The number of rotatable bonds is 0. The predicted molar refractivity (Wildman–Crippen MR) is 126 cm³/mol. The molecule has 1 saturated heterocycles. The molecule has 162 valence electrons. The van der Waals surface area contributed by atoms with E-state index in [0.717, 1.165) is 5.41 Å². The van der Waals surface area contributed by atoms with Crippen molar-refractivity contribution in [1.82, 2.24) is 5.32 Å². The van der Waals surface area contributed by atoms with Crippen molar-refractivity contribution in [3.05, 3.63) is 36.5 Å². The lowest BCUT2D eigenvalue weighted by atomic mass is 9.73. The van der Waals surface area contributed by atoms with E-state index in [1.54, 1.807) is 25.7 Å². The van der Waals surface area contributed by atoms with Gasteiger partial charge in [-0.05, 0) is 106 Å². The van der Waals surface area contributed by atoms with Crippen molar-refractivity contribution in [1.29, 1.82) is 0 Å². The first-order valence-electron chi connectivity index (χ1n) is 12.9. The van der Waals surface area contributed by atoms with Crippen LogP contribution in [0.15, 0.2) is 36.5 Å². The Morgan fingerprint density at radius 3 is 1.21 bits per heavy atom. The molecule has 1 nitrogen and oxygen atoms in total. The minimum Gasteiger partial charge on any atom is -0.317 e. The molecule has 3 fully saturated rings. The molecule has 0 atom stereocenters. The molecule has 6 rings (SSSR count). The molecule has 3 spiro atoms. The van der Waals surface area contributed by atoms with Crippen molar-refractivity contribution >= 4 is 0 Å². The van der Waals surface area contributed by atoms with E-state index in [2.05, 4.69) is 41.8 Å². The van der Waals surface area contributed by atoms with Gasteiger partial charge in [-0.15, -0.1) is 0 Å². The molecule has 0 aromatic heterocycles. The third-order valence-corrected chi connectivity index (χ3v) is 9.05. The van der Waals surface area contributed by atoms with Crippen LogP contribution in [-0.2, 0) is 0 Å². The zero-order valence-corrected chi connectivity index (χ0v) is 18.9. The van der Waals surface area contributed by atoms with Crippen LogP contribution in [0.2, 0.25) is 0 Å². The van der Waals surface area contributed by atoms with E-state index in [1.807, 2.05) is 0 Å². The van der Waals surface area contributed by atoms with Gasteiger partial charge in [0.05, 0.1) is 0 Å². The van der Waals surface area contributed by atoms with Gasteiger partial charge in [-0.2, -0.15) is 0 Å². The van der Waals surface area contributed by atoms with E-state index < -0.39 is 0 Å². The van der Waals surface area contributed by atoms with Crippen LogP contribution in [0.1, 0.15) is 109 Å². The fraction of sp³-hybridized carbons (Fsp3) is 0.786. The van der Waals surface area contributed by atoms with Crippen LogP contribution in [0.25, 0.3) is 0 Å². The van der Waals surface area contributed by atoms with Crippen molar-refractivity contribution in [2.45, 2.75) is 109 Å². The Hall–Kier alpha value is -0.820. The lowest BCUT2D eigenvalue weighted by Gasteiger charge is -2.33. The van der Waals surface area contributed by atoms with Gasteiger partial charge >= 0.3 is 0 Å². The second kappa shape index (κ2) is 9.99. The van der Waals surface area contributed by atoms with Crippen molar-refractivity contribution in [2.24, 2.45) is 16.2 Å². The van der Waals surface area contributed by atoms with Crippen LogP contribution >= 0.6 is 0 Å². The van der Waals surface area contributed by atoms with E-state index in [-0.39, 0.29) is 0 Å². The summed E-state index contributed by atoms with van der Waals surface area (Å²) in [4.78, 5) is 0. The van der Waals surface area contributed by atoms with E-state index in [4.69, 9.17) is 0 Å². The minimum absolute atomic E-state index is 0.667. The van der Waals surface area contributed by atoms with Crippen molar-refractivity contribution in [3.63, 3.8) is 0 Å². The lowest BCUT2D eigenvalue weighted by Crippen LogP contribution is -2.34. The first kappa shape index (κ1) is 21.4. The zero-order chi connectivity index (χ0) is 19.9. The predicted octanol–water partition coefficient (Wildman–Crippen LogP) is 7.89. The highest BCUT2D eigenvalue weighted by Crippen LogP contribution is 2.48. The Morgan fingerprint density at radius 1 is 0.379 bits per heavy atom. The van der Waals surface area contributed by atoms with Gasteiger partial charge in [0.15, 0.2) is 0 Å². The van der Waals surface area contributed by atoms with E-state index in [1.165, 1.54) is 96.6 Å². The molecule has 0 radical (unpaired) electrons. The van der Waals surface area contributed by atoms with Crippen LogP contribution < -0.4 is 5.32 Å². The van der Waals surface area contributed by atoms with E-state index >= 15 is 0 Å². The summed E-state index contributed by atoms with van der Waals surface area (Å²) in [7, 11) is 0. The van der Waals surface area contributed by atoms with Gasteiger partial charge in [-0.25, -0.2) is 0 Å². The van der Waals surface area contributed by atoms with Crippen LogP contribution in [0.3, 0.4) is 0 Å². The molecule has 0 bridgehead atoms. The van der Waals surface area contributed by atoms with Crippen molar-refractivity contribution in [2.75, 3.05) is 13.1 Å². The standard InChI is InChI=1S/C10H18.C9H15N.C9H12/c1-2-6-10(7-3-1)8-4-5-9-10;1-2-4-9(3-1)5-7-10-8-6-9;1-2-6-9(5-1)7-3-4-8-9/h1-9H2;1-2,10H,3-8H2;1-4H,5-8H2. The molecule has 1 aliphatic heterocycles. The molecule has 5 aliphatic carbocycles. The number of piperidine rings is 1. The molecule has 0 amide bonds. The largest absolute Gasteiger partial charge is 0.317 e. The summed E-state index contributed by atoms with van der Waals surface area (Å²) in [5, 5.41) is 3.41. The van der Waals surface area contributed by atoms with Crippen molar-refractivity contribution in [3.8, 4) is 0 Å². The zero-order valence-electron chi connectivity index (χ0n) is 18.9. The number of hydrogen-bond acceptors (Lipinski definition) is 1. The van der Waals surface area contributed by atoms with Gasteiger partial charge in [0.25, 0.3) is 0 Å². The Morgan fingerprint density at radius 2 is 0.759 bits per heavy atom. The van der Waals surface area contributed by atoms with E-state index in [0.29, 0.717) is 10.8 Å². The average molecular weight is 396 g/mol. The lowest BCUT2D eigenvalue weighted by molar-refractivity contribution is 0.197. The Kier molecular flexibility index (Phi) is 7.38. The van der Waals surface area contributed by atoms with Gasteiger partial charge in [0.2, 0.25) is 0 Å². The maximum absolute atomic E-state index is 3.41. The highest BCUT2D eigenvalue weighted by Gasteiger charge is 2.34. The first-order chi connectivity index (χ1) is 14.2. The molecule has 0 aromatic rings. The minimum atomic E-state index is 0.667. The SMILES string of the molecule is C1=CCC2(C1)CC=CC2.C1=CCC2(C1)CCNCC2.C1CCC2(CC1)CCCC2. The maximum Gasteiger partial charge on any atom is -0.00434 e. The van der Waals surface area contributed by atoms with Gasteiger partial charge in [0.1, 0.15) is 0 Å². The number of nitrogens with one attached hydrogen (secondary N) is 1. The van der Waals surface area contributed by atoms with E-state index in [9.17, 15) is 0 Å². The Labute approximate surface area is 180 Å². The van der Waals surface area contributed by atoms with Crippen LogP contribution in [0.5, 0.6) is 0 Å². The van der Waals surface area contributed by atoms with Gasteiger partial charge in [-0.3, -0.25) is 0 Å². The molecular formula is C28H45N.